The number of hydrogen-bond donors (Lipinski definition) is 1. The monoisotopic (exact) mass is 478 g/mol. The number of imide groups is 1. The van der Waals surface area contributed by atoms with Crippen molar-refractivity contribution < 1.29 is 19.1 Å². The first kappa shape index (κ1) is 21.9. The predicted octanol–water partition coefficient (Wildman–Crippen LogP) is 2.35. The molecule has 1 unspecified atom stereocenters. The van der Waals surface area contributed by atoms with Crippen LogP contribution in [0.4, 0.5) is 16.3 Å². The summed E-state index contributed by atoms with van der Waals surface area (Å²) >= 11 is 0. The Labute approximate surface area is 203 Å². The van der Waals surface area contributed by atoms with Crippen LogP contribution in [0.1, 0.15) is 39.5 Å². The molecule has 3 aliphatic heterocycles. The van der Waals surface area contributed by atoms with E-state index in [1.54, 1.807) is 4.90 Å². The molecule has 4 heterocycles. The number of nitrogens with zero attached hydrogens (tertiary/aromatic N) is 5. The van der Waals surface area contributed by atoms with Gasteiger partial charge in [0.05, 0.1) is 12.1 Å². The van der Waals surface area contributed by atoms with Crippen molar-refractivity contribution in [2.24, 2.45) is 11.7 Å². The number of carbonyl (C=O) groups is 3. The summed E-state index contributed by atoms with van der Waals surface area (Å²) in [5.74, 6) is 1.39. The fourth-order valence-corrected chi connectivity index (χ4v) is 5.60. The SMILES string of the molecule is CC(C)C1C(=O)N(C2CC2)C(=O)N1c1cn2c(n1)-c1ccc(N3CCC[C@H]3C(N)=O)cc1OCC2. The second-order valence-electron chi connectivity index (χ2n) is 10.2. The van der Waals surface area contributed by atoms with Crippen molar-refractivity contribution in [3.8, 4) is 17.1 Å². The molecule has 1 aromatic heterocycles. The Balaban J connectivity index is 1.37. The highest BCUT2D eigenvalue weighted by Gasteiger charge is 2.53. The second-order valence-corrected chi connectivity index (χ2v) is 10.2. The molecule has 0 bridgehead atoms. The Bertz CT molecular complexity index is 1220. The average molecular weight is 479 g/mol. The van der Waals surface area contributed by atoms with Crippen LogP contribution in [0.15, 0.2) is 24.4 Å². The van der Waals surface area contributed by atoms with Gasteiger partial charge in [0, 0.05) is 30.5 Å². The molecular formula is C25H30N6O4. The number of fused-ring (bicyclic) bond motifs is 3. The van der Waals surface area contributed by atoms with Crippen LogP contribution in [0.3, 0.4) is 0 Å². The number of aromatic nitrogens is 2. The summed E-state index contributed by atoms with van der Waals surface area (Å²) in [6, 6.07) is 4.73. The molecule has 6 rings (SSSR count). The quantitative estimate of drug-likeness (QED) is 0.660. The standard InChI is InChI=1S/C25H30N6O4/c1-14(2)21-24(33)30(15-5-6-15)25(34)31(21)20-13-28-10-11-35-19-12-16(7-8-17(19)23(28)27-20)29-9-3-4-18(29)22(26)32/h7-8,12-15,18,21H,3-6,9-11H2,1-2H3,(H2,26,32)/t18-,21?/m0/s1. The first-order chi connectivity index (χ1) is 16.8. The van der Waals surface area contributed by atoms with E-state index in [0.717, 1.165) is 43.5 Å². The van der Waals surface area contributed by atoms with E-state index >= 15 is 0 Å². The third kappa shape index (κ3) is 3.45. The summed E-state index contributed by atoms with van der Waals surface area (Å²) in [7, 11) is 0. The molecule has 2 N–H and O–H groups in total. The molecule has 2 saturated heterocycles. The van der Waals surface area contributed by atoms with Gasteiger partial charge in [0.15, 0.2) is 5.82 Å². The van der Waals surface area contributed by atoms with E-state index in [9.17, 15) is 14.4 Å². The number of amides is 4. The van der Waals surface area contributed by atoms with Gasteiger partial charge in [-0.3, -0.25) is 19.4 Å². The number of benzene rings is 1. The Morgan fingerprint density at radius 2 is 1.94 bits per heavy atom. The molecule has 10 nitrogen and oxygen atoms in total. The lowest BCUT2D eigenvalue weighted by Crippen LogP contribution is -2.40. The topological polar surface area (TPSA) is 114 Å². The summed E-state index contributed by atoms with van der Waals surface area (Å²) in [6.45, 7) is 5.69. The first-order valence-corrected chi connectivity index (χ1v) is 12.4. The lowest BCUT2D eigenvalue weighted by atomic mass is 10.0. The molecule has 184 valence electrons. The van der Waals surface area contributed by atoms with Crippen LogP contribution in [0.5, 0.6) is 5.75 Å². The van der Waals surface area contributed by atoms with Crippen LogP contribution >= 0.6 is 0 Å². The molecule has 1 aromatic carbocycles. The fourth-order valence-electron chi connectivity index (χ4n) is 5.60. The average Bonchev–Trinajstić information content (AvgIpc) is 3.31. The van der Waals surface area contributed by atoms with E-state index in [1.807, 2.05) is 47.7 Å². The van der Waals surface area contributed by atoms with Crippen LogP contribution in [0.25, 0.3) is 11.4 Å². The van der Waals surface area contributed by atoms with Crippen molar-refractivity contribution in [2.75, 3.05) is 23.0 Å². The minimum atomic E-state index is -0.554. The van der Waals surface area contributed by atoms with Gasteiger partial charge >= 0.3 is 6.03 Å². The molecule has 1 aliphatic carbocycles. The summed E-state index contributed by atoms with van der Waals surface area (Å²) in [6.07, 6.45) is 5.25. The Hall–Kier alpha value is -3.56. The smallest absolute Gasteiger partial charge is 0.333 e. The number of anilines is 2. The van der Waals surface area contributed by atoms with Gasteiger partial charge in [-0.05, 0) is 43.7 Å². The van der Waals surface area contributed by atoms with Gasteiger partial charge in [0.2, 0.25) is 5.91 Å². The number of nitrogens with two attached hydrogens (primary N) is 1. The van der Waals surface area contributed by atoms with E-state index in [-0.39, 0.29) is 35.8 Å². The van der Waals surface area contributed by atoms with Crippen molar-refractivity contribution in [3.05, 3.63) is 24.4 Å². The van der Waals surface area contributed by atoms with Crippen LogP contribution in [0.2, 0.25) is 0 Å². The third-order valence-corrected chi connectivity index (χ3v) is 7.44. The van der Waals surface area contributed by atoms with Crippen molar-refractivity contribution >= 4 is 29.4 Å². The zero-order valence-corrected chi connectivity index (χ0v) is 20.0. The van der Waals surface area contributed by atoms with Gasteiger partial charge in [-0.1, -0.05) is 13.8 Å². The van der Waals surface area contributed by atoms with E-state index in [2.05, 4.69) is 0 Å². The van der Waals surface area contributed by atoms with Gasteiger partial charge in [-0.15, -0.1) is 0 Å². The molecule has 4 amide bonds. The van der Waals surface area contributed by atoms with Gasteiger partial charge in [0.25, 0.3) is 5.91 Å². The highest BCUT2D eigenvalue weighted by atomic mass is 16.5. The molecular weight excluding hydrogens is 448 g/mol. The minimum absolute atomic E-state index is 0.0176. The van der Waals surface area contributed by atoms with Crippen LogP contribution < -0.4 is 20.3 Å². The lowest BCUT2D eigenvalue weighted by molar-refractivity contribution is -0.128. The number of urea groups is 1. The van der Waals surface area contributed by atoms with Crippen molar-refractivity contribution in [1.29, 1.82) is 0 Å². The number of primary amides is 1. The predicted molar refractivity (Wildman–Crippen MR) is 129 cm³/mol. The van der Waals surface area contributed by atoms with Crippen molar-refractivity contribution in [3.63, 3.8) is 0 Å². The molecule has 2 atom stereocenters. The maximum Gasteiger partial charge on any atom is 0.333 e. The second kappa shape index (κ2) is 8.00. The maximum absolute atomic E-state index is 13.3. The third-order valence-electron chi connectivity index (χ3n) is 7.44. The summed E-state index contributed by atoms with van der Waals surface area (Å²) in [5.41, 5.74) is 7.32. The van der Waals surface area contributed by atoms with Gasteiger partial charge < -0.3 is 19.9 Å². The van der Waals surface area contributed by atoms with Gasteiger partial charge in [-0.2, -0.15) is 0 Å². The minimum Gasteiger partial charge on any atom is -0.491 e. The Morgan fingerprint density at radius 3 is 2.66 bits per heavy atom. The number of carbonyl (C=O) groups excluding carboxylic acids is 3. The Morgan fingerprint density at radius 1 is 1.14 bits per heavy atom. The van der Waals surface area contributed by atoms with Crippen LogP contribution in [0, 0.1) is 5.92 Å². The number of ether oxygens (including phenoxy) is 1. The van der Waals surface area contributed by atoms with E-state index in [1.165, 1.54) is 4.90 Å². The number of rotatable bonds is 5. The van der Waals surface area contributed by atoms with E-state index in [0.29, 0.717) is 30.5 Å². The molecule has 1 saturated carbocycles. The fraction of sp³-hybridized carbons (Fsp3) is 0.520. The highest BCUT2D eigenvalue weighted by Crippen LogP contribution is 2.40. The van der Waals surface area contributed by atoms with E-state index < -0.39 is 6.04 Å². The van der Waals surface area contributed by atoms with Crippen LogP contribution in [-0.2, 0) is 16.1 Å². The largest absolute Gasteiger partial charge is 0.491 e. The molecule has 0 radical (unpaired) electrons. The zero-order chi connectivity index (χ0) is 24.4. The number of hydrogen-bond acceptors (Lipinski definition) is 6. The normalized spacial score (nSPS) is 24.0. The van der Waals surface area contributed by atoms with Crippen molar-refractivity contribution in [2.45, 2.75) is 64.2 Å². The van der Waals surface area contributed by atoms with Crippen LogP contribution in [-0.4, -0.2) is 63.6 Å². The summed E-state index contributed by atoms with van der Waals surface area (Å²) < 4.78 is 8.04. The molecule has 35 heavy (non-hydrogen) atoms. The first-order valence-electron chi connectivity index (χ1n) is 12.4. The summed E-state index contributed by atoms with van der Waals surface area (Å²) in [4.78, 5) is 48.2. The molecule has 3 fully saturated rings. The molecule has 4 aliphatic rings. The highest BCUT2D eigenvalue weighted by molar-refractivity contribution is 6.14. The number of imidazole rings is 1. The lowest BCUT2D eigenvalue weighted by Gasteiger charge is -2.25. The molecule has 0 spiro atoms. The van der Waals surface area contributed by atoms with E-state index in [4.69, 9.17) is 15.5 Å². The Kier molecular flexibility index (Phi) is 5.01. The summed E-state index contributed by atoms with van der Waals surface area (Å²) in [5, 5.41) is 0. The van der Waals surface area contributed by atoms with Crippen molar-refractivity contribution in [1.82, 2.24) is 14.5 Å². The zero-order valence-electron chi connectivity index (χ0n) is 20.0. The maximum atomic E-state index is 13.3. The van der Waals surface area contributed by atoms with Gasteiger partial charge in [0.1, 0.15) is 30.3 Å². The van der Waals surface area contributed by atoms with Gasteiger partial charge in [-0.25, -0.2) is 9.78 Å². The molecule has 2 aromatic rings. The molecule has 10 heteroatoms.